The Morgan fingerprint density at radius 3 is 2.76 bits per heavy atom. The normalized spacial score (nSPS) is 12.5. The van der Waals surface area contributed by atoms with E-state index >= 15 is 0 Å². The topological polar surface area (TPSA) is 35.5 Å². The molecule has 0 fully saturated rings. The molecular formula is C13H21ClN2O. The summed E-state index contributed by atoms with van der Waals surface area (Å²) in [5.74, 6) is 0. The summed E-state index contributed by atoms with van der Waals surface area (Å²) in [5.41, 5.74) is 2.33. The number of halogens is 1. The first-order chi connectivity index (χ1) is 8.04. The molecule has 0 aromatic heterocycles. The average molecular weight is 257 g/mol. The van der Waals surface area contributed by atoms with Crippen molar-refractivity contribution in [1.82, 2.24) is 5.32 Å². The molecule has 0 amide bonds. The fourth-order valence-corrected chi connectivity index (χ4v) is 1.90. The van der Waals surface area contributed by atoms with Gasteiger partial charge in [-0.2, -0.15) is 0 Å². The first-order valence-corrected chi connectivity index (χ1v) is 6.24. The predicted octanol–water partition coefficient (Wildman–Crippen LogP) is 2.27. The maximum atomic E-state index is 9.31. The van der Waals surface area contributed by atoms with Gasteiger partial charge in [0.15, 0.2) is 0 Å². The van der Waals surface area contributed by atoms with Crippen molar-refractivity contribution in [3.8, 4) is 0 Å². The van der Waals surface area contributed by atoms with Crippen molar-refractivity contribution in [3.05, 3.63) is 28.8 Å². The first kappa shape index (κ1) is 14.3. The van der Waals surface area contributed by atoms with E-state index in [-0.39, 0.29) is 6.10 Å². The highest BCUT2D eigenvalue weighted by Crippen LogP contribution is 2.24. The Bertz CT molecular complexity index is 355. The van der Waals surface area contributed by atoms with Gasteiger partial charge < -0.3 is 15.3 Å². The van der Waals surface area contributed by atoms with Crippen molar-refractivity contribution in [2.75, 3.05) is 25.5 Å². The van der Waals surface area contributed by atoms with Crippen LogP contribution in [0.1, 0.15) is 18.9 Å². The summed E-state index contributed by atoms with van der Waals surface area (Å²) < 4.78 is 0. The Hall–Kier alpha value is -0.770. The molecule has 96 valence electrons. The van der Waals surface area contributed by atoms with Crippen LogP contribution in [0.15, 0.2) is 18.2 Å². The van der Waals surface area contributed by atoms with E-state index < -0.39 is 0 Å². The lowest BCUT2D eigenvalue weighted by atomic mass is 10.1. The van der Waals surface area contributed by atoms with Gasteiger partial charge in [0.2, 0.25) is 0 Å². The second-order valence-corrected chi connectivity index (χ2v) is 4.80. The van der Waals surface area contributed by atoms with E-state index in [2.05, 4.69) is 10.2 Å². The zero-order chi connectivity index (χ0) is 12.8. The summed E-state index contributed by atoms with van der Waals surface area (Å²) in [7, 11) is 3.95. The smallest absolute Gasteiger partial charge is 0.0528 e. The molecule has 0 aliphatic rings. The van der Waals surface area contributed by atoms with Crippen molar-refractivity contribution in [1.29, 1.82) is 0 Å². The van der Waals surface area contributed by atoms with Gasteiger partial charge >= 0.3 is 0 Å². The van der Waals surface area contributed by atoms with Crippen LogP contribution in [0.25, 0.3) is 0 Å². The van der Waals surface area contributed by atoms with Crippen LogP contribution in [0, 0.1) is 0 Å². The Morgan fingerprint density at radius 2 is 2.18 bits per heavy atom. The Labute approximate surface area is 108 Å². The number of nitrogens with zero attached hydrogens (tertiary/aromatic N) is 1. The fourth-order valence-electron chi connectivity index (χ4n) is 1.73. The third kappa shape index (κ3) is 4.54. The number of nitrogens with one attached hydrogen (secondary N) is 1. The third-order valence-electron chi connectivity index (χ3n) is 2.71. The molecule has 1 unspecified atom stereocenters. The van der Waals surface area contributed by atoms with Crippen LogP contribution in [-0.4, -0.2) is 31.9 Å². The van der Waals surface area contributed by atoms with Gasteiger partial charge in [-0.05, 0) is 38.1 Å². The molecule has 1 atom stereocenters. The number of benzene rings is 1. The Kier molecular flexibility index (Phi) is 5.75. The maximum Gasteiger partial charge on any atom is 0.0528 e. The molecule has 1 aromatic carbocycles. The van der Waals surface area contributed by atoms with Crippen molar-refractivity contribution in [3.63, 3.8) is 0 Å². The number of aliphatic hydroxyl groups excluding tert-OH is 1. The standard InChI is InChI=1S/C13H21ClN2O/c1-10(17)6-7-16(3)13-8-12(14)5-4-11(13)9-15-2/h4-5,8,10,15,17H,6-7,9H2,1-3H3. The van der Waals surface area contributed by atoms with E-state index in [1.807, 2.05) is 32.3 Å². The van der Waals surface area contributed by atoms with E-state index in [4.69, 9.17) is 11.6 Å². The molecule has 1 aromatic rings. The number of aliphatic hydroxyl groups is 1. The van der Waals surface area contributed by atoms with Crippen LogP contribution < -0.4 is 10.2 Å². The van der Waals surface area contributed by atoms with Gasteiger partial charge in [0, 0.05) is 30.8 Å². The molecule has 4 heteroatoms. The van der Waals surface area contributed by atoms with E-state index in [1.165, 1.54) is 5.56 Å². The van der Waals surface area contributed by atoms with Crippen molar-refractivity contribution in [2.45, 2.75) is 26.0 Å². The number of rotatable bonds is 6. The Morgan fingerprint density at radius 1 is 1.47 bits per heavy atom. The second-order valence-electron chi connectivity index (χ2n) is 4.36. The van der Waals surface area contributed by atoms with Crippen LogP contribution in [-0.2, 0) is 6.54 Å². The number of anilines is 1. The molecule has 0 aliphatic carbocycles. The van der Waals surface area contributed by atoms with Crippen molar-refractivity contribution in [2.24, 2.45) is 0 Å². The van der Waals surface area contributed by atoms with Crippen LogP contribution in [0.3, 0.4) is 0 Å². The van der Waals surface area contributed by atoms with E-state index in [0.717, 1.165) is 30.2 Å². The largest absolute Gasteiger partial charge is 0.393 e. The zero-order valence-electron chi connectivity index (χ0n) is 10.7. The van der Waals surface area contributed by atoms with Gasteiger partial charge in [-0.3, -0.25) is 0 Å². The van der Waals surface area contributed by atoms with Crippen LogP contribution in [0.5, 0.6) is 0 Å². The summed E-state index contributed by atoms with van der Waals surface area (Å²) in [6.45, 7) is 3.43. The highest BCUT2D eigenvalue weighted by atomic mass is 35.5. The number of hydrogen-bond donors (Lipinski definition) is 2. The van der Waals surface area contributed by atoms with Gasteiger partial charge in [0.1, 0.15) is 0 Å². The summed E-state index contributed by atoms with van der Waals surface area (Å²) in [6.07, 6.45) is 0.478. The lowest BCUT2D eigenvalue weighted by Crippen LogP contribution is -2.23. The summed E-state index contributed by atoms with van der Waals surface area (Å²) in [5, 5.41) is 13.2. The predicted molar refractivity (Wildman–Crippen MR) is 73.8 cm³/mol. The highest BCUT2D eigenvalue weighted by Gasteiger charge is 2.08. The molecule has 0 saturated carbocycles. The van der Waals surface area contributed by atoms with Gasteiger partial charge in [-0.25, -0.2) is 0 Å². The second kappa shape index (κ2) is 6.84. The molecule has 0 radical (unpaired) electrons. The van der Waals surface area contributed by atoms with Gasteiger partial charge in [-0.1, -0.05) is 17.7 Å². The molecule has 0 aliphatic heterocycles. The molecule has 0 saturated heterocycles. The minimum Gasteiger partial charge on any atom is -0.393 e. The Balaban J connectivity index is 2.81. The van der Waals surface area contributed by atoms with Gasteiger partial charge in [-0.15, -0.1) is 0 Å². The zero-order valence-corrected chi connectivity index (χ0v) is 11.5. The van der Waals surface area contributed by atoms with E-state index in [1.54, 1.807) is 6.92 Å². The molecule has 17 heavy (non-hydrogen) atoms. The van der Waals surface area contributed by atoms with Gasteiger partial charge in [0.05, 0.1) is 6.10 Å². The lowest BCUT2D eigenvalue weighted by Gasteiger charge is -2.23. The van der Waals surface area contributed by atoms with Crippen LogP contribution in [0.2, 0.25) is 5.02 Å². The minimum absolute atomic E-state index is 0.274. The lowest BCUT2D eigenvalue weighted by molar-refractivity contribution is 0.187. The molecule has 2 N–H and O–H groups in total. The van der Waals surface area contributed by atoms with Gasteiger partial charge in [0.25, 0.3) is 0 Å². The summed E-state index contributed by atoms with van der Waals surface area (Å²) >= 11 is 6.03. The van der Waals surface area contributed by atoms with Crippen LogP contribution >= 0.6 is 11.6 Å². The fraction of sp³-hybridized carbons (Fsp3) is 0.538. The van der Waals surface area contributed by atoms with Crippen molar-refractivity contribution < 1.29 is 5.11 Å². The molecule has 1 rings (SSSR count). The monoisotopic (exact) mass is 256 g/mol. The minimum atomic E-state index is -0.274. The van der Waals surface area contributed by atoms with E-state index in [0.29, 0.717) is 0 Å². The molecule has 3 nitrogen and oxygen atoms in total. The SMILES string of the molecule is CNCc1ccc(Cl)cc1N(C)CCC(C)O. The van der Waals surface area contributed by atoms with Crippen molar-refractivity contribution >= 4 is 17.3 Å². The molecular weight excluding hydrogens is 236 g/mol. The highest BCUT2D eigenvalue weighted by molar-refractivity contribution is 6.30. The summed E-state index contributed by atoms with van der Waals surface area (Å²) in [6, 6.07) is 5.91. The third-order valence-corrected chi connectivity index (χ3v) is 2.94. The average Bonchev–Trinajstić information content (AvgIpc) is 2.28. The quantitative estimate of drug-likeness (QED) is 0.820. The first-order valence-electron chi connectivity index (χ1n) is 5.86. The summed E-state index contributed by atoms with van der Waals surface area (Å²) in [4.78, 5) is 2.13. The molecule has 0 spiro atoms. The maximum absolute atomic E-state index is 9.31. The van der Waals surface area contributed by atoms with E-state index in [9.17, 15) is 5.11 Å². The molecule has 0 bridgehead atoms. The molecule has 0 heterocycles. The number of hydrogen-bond acceptors (Lipinski definition) is 3. The van der Waals surface area contributed by atoms with Crippen LogP contribution in [0.4, 0.5) is 5.69 Å².